The van der Waals surface area contributed by atoms with Crippen LogP contribution in [-0.4, -0.2) is 28.9 Å². The molecule has 0 radical (unpaired) electrons. The molecule has 0 saturated carbocycles. The standard InChI is InChI=1S/C23H16F2N2O4/c1-31-18-7-3-2-6-15(18)21(28)19-20(13-5-4-10-26-12-13)27(23(30)22(19)29)17-9-8-14(24)11-16(17)25/h2-12,20,28H,1H3/b21-19+. The zero-order chi connectivity index (χ0) is 22.1. The van der Waals surface area contributed by atoms with Gasteiger partial charge in [0.25, 0.3) is 11.7 Å². The summed E-state index contributed by atoms with van der Waals surface area (Å²) in [6.45, 7) is 0. The Morgan fingerprint density at radius 3 is 2.55 bits per heavy atom. The molecule has 1 unspecified atom stereocenters. The summed E-state index contributed by atoms with van der Waals surface area (Å²) in [5.41, 5.74) is 0.000922. The summed E-state index contributed by atoms with van der Waals surface area (Å²) in [6.07, 6.45) is 2.90. The van der Waals surface area contributed by atoms with E-state index in [-0.39, 0.29) is 22.6 Å². The summed E-state index contributed by atoms with van der Waals surface area (Å²) < 4.78 is 33.3. The lowest BCUT2D eigenvalue weighted by atomic mass is 9.96. The van der Waals surface area contributed by atoms with Crippen molar-refractivity contribution >= 4 is 23.1 Å². The minimum Gasteiger partial charge on any atom is -0.507 e. The molecule has 1 aliphatic heterocycles. The largest absolute Gasteiger partial charge is 0.507 e. The van der Waals surface area contributed by atoms with Crippen molar-refractivity contribution in [1.82, 2.24) is 4.98 Å². The topological polar surface area (TPSA) is 79.7 Å². The van der Waals surface area contributed by atoms with Gasteiger partial charge in [0.1, 0.15) is 23.1 Å². The maximum absolute atomic E-state index is 14.6. The summed E-state index contributed by atoms with van der Waals surface area (Å²) >= 11 is 0. The number of amides is 1. The van der Waals surface area contributed by atoms with Gasteiger partial charge in [-0.2, -0.15) is 0 Å². The molecule has 3 aromatic rings. The molecule has 6 nitrogen and oxygen atoms in total. The summed E-state index contributed by atoms with van der Waals surface area (Å²) in [5, 5.41) is 11.1. The number of nitrogens with zero attached hydrogens (tertiary/aromatic N) is 2. The highest BCUT2D eigenvalue weighted by Gasteiger charge is 2.48. The number of aromatic nitrogens is 1. The van der Waals surface area contributed by atoms with E-state index in [4.69, 9.17) is 4.74 Å². The quantitative estimate of drug-likeness (QED) is 0.391. The molecule has 1 amide bonds. The average molecular weight is 422 g/mol. The van der Waals surface area contributed by atoms with Gasteiger partial charge in [0.2, 0.25) is 0 Å². The van der Waals surface area contributed by atoms with Crippen LogP contribution in [0.3, 0.4) is 0 Å². The predicted molar refractivity (Wildman–Crippen MR) is 108 cm³/mol. The molecule has 2 heterocycles. The maximum atomic E-state index is 14.6. The molecule has 1 atom stereocenters. The third-order valence-electron chi connectivity index (χ3n) is 4.98. The van der Waals surface area contributed by atoms with Gasteiger partial charge in [0, 0.05) is 18.5 Å². The van der Waals surface area contributed by atoms with Crippen molar-refractivity contribution < 1.29 is 28.2 Å². The van der Waals surface area contributed by atoms with Gasteiger partial charge >= 0.3 is 0 Å². The Morgan fingerprint density at radius 2 is 1.87 bits per heavy atom. The van der Waals surface area contributed by atoms with Gasteiger partial charge in [0.15, 0.2) is 0 Å². The molecule has 0 spiro atoms. The van der Waals surface area contributed by atoms with E-state index in [2.05, 4.69) is 4.98 Å². The first kappa shape index (κ1) is 20.2. The van der Waals surface area contributed by atoms with Crippen molar-refractivity contribution in [3.63, 3.8) is 0 Å². The molecule has 31 heavy (non-hydrogen) atoms. The molecule has 1 saturated heterocycles. The van der Waals surface area contributed by atoms with Crippen LogP contribution in [0.2, 0.25) is 0 Å². The number of carbonyl (C=O) groups excluding carboxylic acids is 2. The molecule has 2 aromatic carbocycles. The minimum absolute atomic E-state index is 0.191. The van der Waals surface area contributed by atoms with Crippen molar-refractivity contribution in [2.24, 2.45) is 0 Å². The van der Waals surface area contributed by atoms with Gasteiger partial charge in [-0.15, -0.1) is 0 Å². The predicted octanol–water partition coefficient (Wildman–Crippen LogP) is 3.99. The number of hydrogen-bond donors (Lipinski definition) is 1. The molecule has 1 aliphatic rings. The lowest BCUT2D eigenvalue weighted by molar-refractivity contribution is -0.132. The van der Waals surface area contributed by atoms with Crippen molar-refractivity contribution in [2.45, 2.75) is 6.04 Å². The lowest BCUT2D eigenvalue weighted by Gasteiger charge is -2.25. The molecule has 156 valence electrons. The molecular formula is C23H16F2N2O4. The number of anilines is 1. The molecule has 8 heteroatoms. The van der Waals surface area contributed by atoms with E-state index in [1.54, 1.807) is 30.3 Å². The fraction of sp³-hybridized carbons (Fsp3) is 0.0870. The molecular weight excluding hydrogens is 406 g/mol. The minimum atomic E-state index is -1.18. The first-order valence-corrected chi connectivity index (χ1v) is 9.23. The molecule has 0 aliphatic carbocycles. The average Bonchev–Trinajstić information content (AvgIpc) is 3.04. The Morgan fingerprint density at radius 1 is 1.10 bits per heavy atom. The number of halogens is 2. The van der Waals surface area contributed by atoms with Crippen LogP contribution in [0.5, 0.6) is 5.75 Å². The van der Waals surface area contributed by atoms with Crippen molar-refractivity contribution in [3.05, 3.63) is 95.3 Å². The van der Waals surface area contributed by atoms with E-state index in [0.717, 1.165) is 17.0 Å². The van der Waals surface area contributed by atoms with Crippen LogP contribution in [0, 0.1) is 11.6 Å². The zero-order valence-corrected chi connectivity index (χ0v) is 16.3. The van der Waals surface area contributed by atoms with Gasteiger partial charge in [-0.1, -0.05) is 18.2 Å². The van der Waals surface area contributed by atoms with Gasteiger partial charge in [-0.3, -0.25) is 19.5 Å². The summed E-state index contributed by atoms with van der Waals surface area (Å²) in [5.74, 6) is -4.12. The zero-order valence-electron chi connectivity index (χ0n) is 16.3. The van der Waals surface area contributed by atoms with E-state index >= 15 is 0 Å². The molecule has 4 rings (SSSR count). The third-order valence-corrected chi connectivity index (χ3v) is 4.98. The summed E-state index contributed by atoms with van der Waals surface area (Å²) in [4.78, 5) is 30.9. The van der Waals surface area contributed by atoms with E-state index in [0.29, 0.717) is 11.6 Å². The highest BCUT2D eigenvalue weighted by atomic mass is 19.1. The van der Waals surface area contributed by atoms with Gasteiger partial charge in [-0.25, -0.2) is 8.78 Å². The van der Waals surface area contributed by atoms with Gasteiger partial charge in [0.05, 0.1) is 30.0 Å². The van der Waals surface area contributed by atoms with Crippen molar-refractivity contribution in [3.8, 4) is 5.75 Å². The number of aliphatic hydroxyl groups excluding tert-OH is 1. The number of pyridine rings is 1. The number of ketones is 1. The highest BCUT2D eigenvalue weighted by Crippen LogP contribution is 2.43. The second-order valence-corrected chi connectivity index (χ2v) is 6.75. The van der Waals surface area contributed by atoms with Crippen molar-refractivity contribution in [1.29, 1.82) is 0 Å². The molecule has 1 N–H and O–H groups in total. The van der Waals surface area contributed by atoms with Crippen LogP contribution in [0.15, 0.2) is 72.6 Å². The monoisotopic (exact) mass is 422 g/mol. The number of hydrogen-bond acceptors (Lipinski definition) is 5. The lowest BCUT2D eigenvalue weighted by Crippen LogP contribution is -2.30. The van der Waals surface area contributed by atoms with Crippen LogP contribution in [0.1, 0.15) is 17.2 Å². The number of methoxy groups -OCH3 is 1. The molecule has 1 aromatic heterocycles. The molecule has 0 bridgehead atoms. The number of rotatable bonds is 4. The van der Waals surface area contributed by atoms with Crippen LogP contribution < -0.4 is 9.64 Å². The van der Waals surface area contributed by atoms with E-state index in [1.165, 1.54) is 25.6 Å². The number of Topliss-reactive ketones (excluding diaryl/α,β-unsaturated/α-hetero) is 1. The van der Waals surface area contributed by atoms with Crippen LogP contribution in [-0.2, 0) is 9.59 Å². The first-order valence-electron chi connectivity index (χ1n) is 9.23. The van der Waals surface area contributed by atoms with Gasteiger partial charge in [-0.05, 0) is 35.9 Å². The third kappa shape index (κ3) is 3.42. The Labute approximate surface area is 176 Å². The normalized spacial score (nSPS) is 17.8. The number of aliphatic hydroxyl groups is 1. The van der Waals surface area contributed by atoms with Gasteiger partial charge < -0.3 is 9.84 Å². The number of para-hydroxylation sites is 1. The summed E-state index contributed by atoms with van der Waals surface area (Å²) in [6, 6.07) is 11.1. The maximum Gasteiger partial charge on any atom is 0.300 e. The number of carbonyl (C=O) groups is 2. The first-order chi connectivity index (χ1) is 14.9. The van der Waals surface area contributed by atoms with Crippen LogP contribution >= 0.6 is 0 Å². The fourth-order valence-electron chi connectivity index (χ4n) is 3.60. The number of ether oxygens (including phenoxy) is 1. The van der Waals surface area contributed by atoms with E-state index in [9.17, 15) is 23.5 Å². The van der Waals surface area contributed by atoms with E-state index < -0.39 is 35.1 Å². The Bertz CT molecular complexity index is 1210. The van der Waals surface area contributed by atoms with E-state index in [1.807, 2.05) is 0 Å². The smallest absolute Gasteiger partial charge is 0.300 e. The Balaban J connectivity index is 1.99. The second kappa shape index (κ2) is 7.98. The fourth-order valence-corrected chi connectivity index (χ4v) is 3.60. The summed E-state index contributed by atoms with van der Waals surface area (Å²) in [7, 11) is 1.40. The van der Waals surface area contributed by atoms with Crippen molar-refractivity contribution in [2.75, 3.05) is 12.0 Å². The number of benzene rings is 2. The highest BCUT2D eigenvalue weighted by molar-refractivity contribution is 6.51. The Kier molecular flexibility index (Phi) is 5.21. The van der Waals surface area contributed by atoms with Crippen LogP contribution in [0.25, 0.3) is 5.76 Å². The Hall–Kier alpha value is -4.07. The molecule has 1 fully saturated rings. The second-order valence-electron chi connectivity index (χ2n) is 6.75. The van der Waals surface area contributed by atoms with Crippen LogP contribution in [0.4, 0.5) is 14.5 Å². The SMILES string of the molecule is COc1ccccc1/C(O)=C1\C(=O)C(=O)N(c2ccc(F)cc2F)C1c1cccnc1.